The molecule has 0 aromatic carbocycles. The monoisotopic (exact) mass is 347 g/mol. The minimum atomic E-state index is -4.59. The fourth-order valence-corrected chi connectivity index (χ4v) is 2.73. The lowest BCUT2D eigenvalue weighted by molar-refractivity contribution is -0.141. The number of rotatable bonds is 5. The molecule has 1 atom stereocenters. The summed E-state index contributed by atoms with van der Waals surface area (Å²) in [5, 5.41) is 5.87. The molecule has 2 heterocycles. The molecule has 0 spiro atoms. The smallest absolute Gasteiger partial charge is 0.369 e. The van der Waals surface area contributed by atoms with Crippen LogP contribution >= 0.6 is 0 Å². The predicted octanol–water partition coefficient (Wildman–Crippen LogP) is 0.366. The Bertz CT molecular complexity index is 614. The Kier molecular flexibility index (Phi) is 5.47. The number of likely N-dealkylation sites (tertiary alicyclic amines) is 1. The lowest BCUT2D eigenvalue weighted by Crippen LogP contribution is -2.44. The van der Waals surface area contributed by atoms with Crippen LogP contribution in [0, 0.1) is 5.92 Å². The second kappa shape index (κ2) is 7.20. The van der Waals surface area contributed by atoms with Crippen molar-refractivity contribution in [3.05, 3.63) is 17.5 Å². The van der Waals surface area contributed by atoms with Gasteiger partial charge in [-0.25, -0.2) is 0 Å². The second-order valence-corrected chi connectivity index (χ2v) is 5.83. The Morgan fingerprint density at radius 2 is 2.17 bits per heavy atom. The van der Waals surface area contributed by atoms with Crippen LogP contribution in [0.1, 0.15) is 29.0 Å². The zero-order valence-corrected chi connectivity index (χ0v) is 13.3. The molecule has 1 aliphatic rings. The van der Waals surface area contributed by atoms with Crippen molar-refractivity contribution in [2.75, 3.05) is 26.2 Å². The highest BCUT2D eigenvalue weighted by molar-refractivity contribution is 5.92. The SMILES string of the molecule is Cn1nc(C(F)(F)F)cc1C(=O)NCCN1CCC[C@H](C(N)=O)C1. The summed E-state index contributed by atoms with van der Waals surface area (Å²) in [5.74, 6) is -1.15. The summed E-state index contributed by atoms with van der Waals surface area (Å²) < 4.78 is 38.7. The molecule has 0 aliphatic carbocycles. The van der Waals surface area contributed by atoms with Gasteiger partial charge in [0.15, 0.2) is 5.69 Å². The van der Waals surface area contributed by atoms with Gasteiger partial charge in [-0.3, -0.25) is 14.3 Å². The highest BCUT2D eigenvalue weighted by Gasteiger charge is 2.35. The summed E-state index contributed by atoms with van der Waals surface area (Å²) in [6.07, 6.45) is -2.99. The number of aromatic nitrogens is 2. The number of primary amides is 1. The van der Waals surface area contributed by atoms with E-state index in [2.05, 4.69) is 10.4 Å². The average molecular weight is 347 g/mol. The molecule has 0 saturated carbocycles. The van der Waals surface area contributed by atoms with Gasteiger partial charge in [-0.1, -0.05) is 0 Å². The van der Waals surface area contributed by atoms with Gasteiger partial charge in [0.2, 0.25) is 5.91 Å². The Morgan fingerprint density at radius 3 is 2.75 bits per heavy atom. The molecule has 0 radical (unpaired) electrons. The molecule has 10 heteroatoms. The van der Waals surface area contributed by atoms with Gasteiger partial charge in [-0.05, 0) is 19.4 Å². The van der Waals surface area contributed by atoms with Gasteiger partial charge >= 0.3 is 6.18 Å². The molecule has 134 valence electrons. The zero-order chi connectivity index (χ0) is 17.9. The van der Waals surface area contributed by atoms with Crippen LogP contribution in [0.2, 0.25) is 0 Å². The number of nitrogens with one attached hydrogen (secondary N) is 1. The number of carbonyl (C=O) groups is 2. The maximum atomic E-state index is 12.6. The molecule has 24 heavy (non-hydrogen) atoms. The van der Waals surface area contributed by atoms with Crippen LogP contribution in [0.3, 0.4) is 0 Å². The molecule has 1 aromatic heterocycles. The van der Waals surface area contributed by atoms with Crippen LogP contribution in [-0.2, 0) is 18.0 Å². The molecule has 1 saturated heterocycles. The second-order valence-electron chi connectivity index (χ2n) is 5.83. The molecule has 1 fully saturated rings. The van der Waals surface area contributed by atoms with E-state index in [0.29, 0.717) is 13.1 Å². The lowest BCUT2D eigenvalue weighted by Gasteiger charge is -2.31. The largest absolute Gasteiger partial charge is 0.435 e. The number of carbonyl (C=O) groups excluding carboxylic acids is 2. The first-order valence-corrected chi connectivity index (χ1v) is 7.59. The van der Waals surface area contributed by atoms with Crippen molar-refractivity contribution in [1.29, 1.82) is 0 Å². The van der Waals surface area contributed by atoms with Crippen molar-refractivity contribution in [3.8, 4) is 0 Å². The third kappa shape index (κ3) is 4.47. The number of alkyl halides is 3. The molecule has 2 rings (SSSR count). The zero-order valence-electron chi connectivity index (χ0n) is 13.3. The van der Waals surface area contributed by atoms with Gasteiger partial charge in [0.25, 0.3) is 5.91 Å². The van der Waals surface area contributed by atoms with E-state index in [-0.39, 0.29) is 24.1 Å². The molecular weight excluding hydrogens is 327 g/mol. The van der Waals surface area contributed by atoms with E-state index in [9.17, 15) is 22.8 Å². The van der Waals surface area contributed by atoms with Crippen LogP contribution in [0.25, 0.3) is 0 Å². The van der Waals surface area contributed by atoms with Crippen LogP contribution in [-0.4, -0.2) is 52.7 Å². The highest BCUT2D eigenvalue weighted by Crippen LogP contribution is 2.28. The molecule has 2 amide bonds. The van der Waals surface area contributed by atoms with Crippen molar-refractivity contribution in [3.63, 3.8) is 0 Å². The number of hydrogen-bond acceptors (Lipinski definition) is 4. The number of nitrogens with zero attached hydrogens (tertiary/aromatic N) is 3. The Morgan fingerprint density at radius 1 is 1.46 bits per heavy atom. The summed E-state index contributed by atoms with van der Waals surface area (Å²) in [5.41, 5.74) is 4.04. The van der Waals surface area contributed by atoms with E-state index in [4.69, 9.17) is 5.73 Å². The van der Waals surface area contributed by atoms with Gasteiger partial charge in [-0.2, -0.15) is 18.3 Å². The van der Waals surface area contributed by atoms with E-state index >= 15 is 0 Å². The first kappa shape index (κ1) is 18.2. The summed E-state index contributed by atoms with van der Waals surface area (Å²) >= 11 is 0. The Balaban J connectivity index is 1.85. The highest BCUT2D eigenvalue weighted by atomic mass is 19.4. The molecule has 0 bridgehead atoms. The summed E-state index contributed by atoms with van der Waals surface area (Å²) in [6.45, 7) is 2.09. The van der Waals surface area contributed by atoms with Crippen molar-refractivity contribution in [2.45, 2.75) is 19.0 Å². The number of halogens is 3. The summed E-state index contributed by atoms with van der Waals surface area (Å²) in [4.78, 5) is 25.2. The first-order valence-electron chi connectivity index (χ1n) is 7.59. The van der Waals surface area contributed by atoms with E-state index < -0.39 is 17.8 Å². The molecular formula is C14H20F3N5O2. The fourth-order valence-electron chi connectivity index (χ4n) is 2.73. The maximum Gasteiger partial charge on any atom is 0.435 e. The van der Waals surface area contributed by atoms with E-state index in [1.54, 1.807) is 0 Å². The third-order valence-electron chi connectivity index (χ3n) is 4.02. The topological polar surface area (TPSA) is 93.2 Å². The number of nitrogens with two attached hydrogens (primary N) is 1. The third-order valence-corrected chi connectivity index (χ3v) is 4.02. The van der Waals surface area contributed by atoms with Crippen molar-refractivity contribution in [1.82, 2.24) is 20.0 Å². The van der Waals surface area contributed by atoms with Crippen molar-refractivity contribution in [2.24, 2.45) is 18.7 Å². The number of piperidine rings is 1. The first-order chi connectivity index (χ1) is 11.2. The Labute approximate surface area is 137 Å². The van der Waals surface area contributed by atoms with Gasteiger partial charge in [0.1, 0.15) is 5.69 Å². The van der Waals surface area contributed by atoms with Crippen LogP contribution in [0.5, 0.6) is 0 Å². The van der Waals surface area contributed by atoms with Gasteiger partial charge in [-0.15, -0.1) is 0 Å². The minimum absolute atomic E-state index is 0.156. The fraction of sp³-hybridized carbons (Fsp3) is 0.643. The minimum Gasteiger partial charge on any atom is -0.369 e. The lowest BCUT2D eigenvalue weighted by atomic mass is 9.97. The standard InChI is InChI=1S/C14H20F3N5O2/c1-21-10(7-11(20-21)14(15,16)17)13(24)19-4-6-22-5-2-3-9(8-22)12(18)23/h7,9H,2-6,8H2,1H3,(H2,18,23)(H,19,24)/t9-/m0/s1. The summed E-state index contributed by atoms with van der Waals surface area (Å²) in [7, 11) is 1.28. The molecule has 3 N–H and O–H groups in total. The number of amides is 2. The van der Waals surface area contributed by atoms with Crippen molar-refractivity contribution < 1.29 is 22.8 Å². The van der Waals surface area contributed by atoms with E-state index in [1.807, 2.05) is 4.90 Å². The average Bonchev–Trinajstić information content (AvgIpc) is 2.89. The molecule has 1 aliphatic heterocycles. The number of hydrogen-bond donors (Lipinski definition) is 2. The van der Waals surface area contributed by atoms with Crippen LogP contribution in [0.15, 0.2) is 6.07 Å². The maximum absolute atomic E-state index is 12.6. The summed E-state index contributed by atoms with van der Waals surface area (Å²) in [6, 6.07) is 0.722. The van der Waals surface area contributed by atoms with Crippen LogP contribution in [0.4, 0.5) is 13.2 Å². The number of aryl methyl sites for hydroxylation is 1. The van der Waals surface area contributed by atoms with Gasteiger partial charge < -0.3 is 16.0 Å². The Hall–Kier alpha value is -2.10. The quantitative estimate of drug-likeness (QED) is 0.805. The predicted molar refractivity (Wildman–Crippen MR) is 78.9 cm³/mol. The van der Waals surface area contributed by atoms with Crippen molar-refractivity contribution >= 4 is 11.8 Å². The van der Waals surface area contributed by atoms with E-state index in [1.165, 1.54) is 7.05 Å². The van der Waals surface area contributed by atoms with Gasteiger partial charge in [0, 0.05) is 32.7 Å². The molecule has 0 unspecified atom stereocenters. The normalized spacial score (nSPS) is 19.2. The molecule has 7 nitrogen and oxygen atoms in total. The van der Waals surface area contributed by atoms with Crippen LogP contribution < -0.4 is 11.1 Å². The molecule has 1 aromatic rings. The van der Waals surface area contributed by atoms with E-state index in [0.717, 1.165) is 30.1 Å². The van der Waals surface area contributed by atoms with Gasteiger partial charge in [0.05, 0.1) is 5.92 Å².